The molecule has 0 saturated carbocycles. The van der Waals surface area contributed by atoms with Crippen LogP contribution in [0, 0.1) is 0 Å². The molecule has 1 fully saturated rings. The Kier molecular flexibility index (Phi) is 3.30. The lowest BCUT2D eigenvalue weighted by Crippen LogP contribution is -2.62. The largest absolute Gasteiger partial charge is 0.351 e. The van der Waals surface area contributed by atoms with Crippen LogP contribution < -0.4 is 10.5 Å². The molecular formula is C14H15N3O3S. The lowest BCUT2D eigenvalue weighted by atomic mass is 10.1. The van der Waals surface area contributed by atoms with Crippen molar-refractivity contribution in [2.75, 3.05) is 13.1 Å². The van der Waals surface area contributed by atoms with Gasteiger partial charge in [0.25, 0.3) is 0 Å². The first kappa shape index (κ1) is 13.8. The summed E-state index contributed by atoms with van der Waals surface area (Å²) < 4.78 is 27.6. The number of amides is 2. The van der Waals surface area contributed by atoms with E-state index in [1.54, 1.807) is 24.3 Å². The Hall–Kier alpha value is -2.12. The van der Waals surface area contributed by atoms with E-state index in [-0.39, 0.29) is 10.9 Å². The molecule has 1 saturated heterocycles. The number of hydrogen-bond acceptors (Lipinski definition) is 3. The molecule has 21 heavy (non-hydrogen) atoms. The second-order valence-electron chi connectivity index (χ2n) is 5.04. The van der Waals surface area contributed by atoms with E-state index in [1.165, 1.54) is 4.90 Å². The Morgan fingerprint density at radius 2 is 1.81 bits per heavy atom. The first-order chi connectivity index (χ1) is 9.97. The van der Waals surface area contributed by atoms with Gasteiger partial charge in [-0.3, -0.25) is 0 Å². The van der Waals surface area contributed by atoms with Crippen molar-refractivity contribution in [1.82, 2.24) is 9.62 Å². The molecule has 0 unspecified atom stereocenters. The Morgan fingerprint density at radius 3 is 2.52 bits per heavy atom. The highest BCUT2D eigenvalue weighted by molar-refractivity contribution is 7.89. The summed E-state index contributed by atoms with van der Waals surface area (Å²) in [7, 11) is -3.62. The first-order valence-electron chi connectivity index (χ1n) is 6.52. The maximum absolute atomic E-state index is 12.5. The maximum atomic E-state index is 12.5. The van der Waals surface area contributed by atoms with E-state index >= 15 is 0 Å². The van der Waals surface area contributed by atoms with Gasteiger partial charge in [0.2, 0.25) is 10.0 Å². The fourth-order valence-corrected chi connectivity index (χ4v) is 3.89. The number of fused-ring (bicyclic) bond motifs is 1. The number of primary amides is 1. The van der Waals surface area contributed by atoms with Crippen LogP contribution in [0.3, 0.4) is 0 Å². The van der Waals surface area contributed by atoms with Gasteiger partial charge in [0.15, 0.2) is 0 Å². The Balaban J connectivity index is 1.86. The molecule has 2 aromatic rings. The van der Waals surface area contributed by atoms with E-state index < -0.39 is 16.1 Å². The quantitative estimate of drug-likeness (QED) is 0.881. The summed E-state index contributed by atoms with van der Waals surface area (Å²) in [6.45, 7) is 0.610. The van der Waals surface area contributed by atoms with Gasteiger partial charge in [-0.15, -0.1) is 0 Å². The smallest absolute Gasteiger partial charge is 0.314 e. The number of nitrogens with zero attached hydrogens (tertiary/aromatic N) is 1. The molecule has 2 aromatic carbocycles. The second-order valence-corrected chi connectivity index (χ2v) is 6.72. The zero-order valence-corrected chi connectivity index (χ0v) is 12.0. The third kappa shape index (κ3) is 2.57. The minimum atomic E-state index is -3.62. The number of likely N-dealkylation sites (tertiary alicyclic amines) is 1. The molecule has 6 nitrogen and oxygen atoms in total. The van der Waals surface area contributed by atoms with Crippen LogP contribution >= 0.6 is 0 Å². The maximum Gasteiger partial charge on any atom is 0.314 e. The second kappa shape index (κ2) is 5.01. The number of sulfonamides is 1. The zero-order valence-electron chi connectivity index (χ0n) is 11.2. The summed E-state index contributed by atoms with van der Waals surface area (Å²) in [6.07, 6.45) is 0. The summed E-state index contributed by atoms with van der Waals surface area (Å²) in [5.74, 6) is 0. The van der Waals surface area contributed by atoms with Crippen LogP contribution in [0.25, 0.3) is 10.8 Å². The van der Waals surface area contributed by atoms with Crippen LogP contribution in [0.4, 0.5) is 4.79 Å². The summed E-state index contributed by atoms with van der Waals surface area (Å²) in [5, 5.41) is 1.55. The van der Waals surface area contributed by atoms with E-state index in [9.17, 15) is 13.2 Å². The van der Waals surface area contributed by atoms with Gasteiger partial charge in [0.1, 0.15) is 0 Å². The predicted molar refractivity (Wildman–Crippen MR) is 79.2 cm³/mol. The average molecular weight is 305 g/mol. The molecular weight excluding hydrogens is 290 g/mol. The van der Waals surface area contributed by atoms with Crippen molar-refractivity contribution in [3.63, 3.8) is 0 Å². The summed E-state index contributed by atoms with van der Waals surface area (Å²) in [5.41, 5.74) is 5.12. The third-order valence-electron chi connectivity index (χ3n) is 3.55. The molecule has 0 radical (unpaired) electrons. The minimum Gasteiger partial charge on any atom is -0.351 e. The fraction of sp³-hybridized carbons (Fsp3) is 0.214. The normalized spacial score (nSPS) is 15.9. The highest BCUT2D eigenvalue weighted by atomic mass is 32.2. The van der Waals surface area contributed by atoms with Crippen molar-refractivity contribution in [2.45, 2.75) is 10.9 Å². The van der Waals surface area contributed by atoms with Gasteiger partial charge in [0, 0.05) is 18.5 Å². The number of benzene rings is 2. The molecule has 0 spiro atoms. The Bertz CT molecular complexity index is 793. The molecule has 1 aliphatic heterocycles. The van der Waals surface area contributed by atoms with Gasteiger partial charge in [-0.2, -0.15) is 0 Å². The van der Waals surface area contributed by atoms with Crippen LogP contribution in [-0.2, 0) is 10.0 Å². The summed E-state index contributed by atoms with van der Waals surface area (Å²) in [4.78, 5) is 12.5. The van der Waals surface area contributed by atoms with E-state index in [2.05, 4.69) is 4.72 Å². The van der Waals surface area contributed by atoms with Crippen LogP contribution in [-0.4, -0.2) is 38.5 Å². The van der Waals surface area contributed by atoms with Gasteiger partial charge in [-0.25, -0.2) is 17.9 Å². The molecule has 0 aliphatic carbocycles. The van der Waals surface area contributed by atoms with Crippen LogP contribution in [0.5, 0.6) is 0 Å². The molecule has 0 aromatic heterocycles. The number of urea groups is 1. The molecule has 2 amide bonds. The minimum absolute atomic E-state index is 0.248. The number of carbonyl (C=O) groups is 1. The Morgan fingerprint density at radius 1 is 1.14 bits per heavy atom. The molecule has 110 valence electrons. The van der Waals surface area contributed by atoms with Gasteiger partial charge in [0.05, 0.1) is 10.9 Å². The fourth-order valence-electron chi connectivity index (χ4n) is 2.45. The summed E-state index contributed by atoms with van der Waals surface area (Å²) >= 11 is 0. The van der Waals surface area contributed by atoms with Crippen molar-refractivity contribution in [3.05, 3.63) is 42.5 Å². The van der Waals surface area contributed by atoms with Gasteiger partial charge in [-0.1, -0.05) is 36.4 Å². The van der Waals surface area contributed by atoms with Crippen molar-refractivity contribution in [2.24, 2.45) is 5.73 Å². The monoisotopic (exact) mass is 305 g/mol. The lowest BCUT2D eigenvalue weighted by Gasteiger charge is -2.37. The molecule has 0 atom stereocenters. The lowest BCUT2D eigenvalue weighted by molar-refractivity contribution is 0.155. The van der Waals surface area contributed by atoms with Crippen molar-refractivity contribution in [1.29, 1.82) is 0 Å². The van der Waals surface area contributed by atoms with E-state index in [1.807, 2.05) is 18.2 Å². The number of hydrogen-bond donors (Lipinski definition) is 2. The van der Waals surface area contributed by atoms with Crippen molar-refractivity contribution < 1.29 is 13.2 Å². The topological polar surface area (TPSA) is 92.5 Å². The number of carbonyl (C=O) groups excluding carboxylic acids is 1. The average Bonchev–Trinajstić information content (AvgIpc) is 2.41. The molecule has 7 heteroatoms. The standard InChI is InChI=1S/C14H15N3O3S/c15-14(18)17-8-11(9-17)16-21(19,20)13-7-3-5-10-4-1-2-6-12(10)13/h1-7,11,16H,8-9H2,(H2,15,18). The van der Waals surface area contributed by atoms with Crippen molar-refractivity contribution in [3.8, 4) is 0 Å². The molecule has 0 bridgehead atoms. The van der Waals surface area contributed by atoms with E-state index in [0.717, 1.165) is 5.39 Å². The van der Waals surface area contributed by atoms with Crippen molar-refractivity contribution >= 4 is 26.8 Å². The highest BCUT2D eigenvalue weighted by Crippen LogP contribution is 2.23. The zero-order chi connectivity index (χ0) is 15.0. The predicted octanol–water partition coefficient (Wildman–Crippen LogP) is 0.881. The highest BCUT2D eigenvalue weighted by Gasteiger charge is 2.33. The third-order valence-corrected chi connectivity index (χ3v) is 5.13. The molecule has 1 aliphatic rings. The van der Waals surface area contributed by atoms with Crippen LogP contribution in [0.15, 0.2) is 47.4 Å². The summed E-state index contributed by atoms with van der Waals surface area (Å²) in [6, 6.07) is 11.7. The van der Waals surface area contributed by atoms with Gasteiger partial charge in [-0.05, 0) is 11.5 Å². The SMILES string of the molecule is NC(=O)N1CC(NS(=O)(=O)c2cccc3ccccc23)C1. The molecule has 3 N–H and O–H groups in total. The molecule has 3 rings (SSSR count). The number of nitrogens with one attached hydrogen (secondary N) is 1. The first-order valence-corrected chi connectivity index (χ1v) is 8.00. The van der Waals surface area contributed by atoms with Gasteiger partial charge < -0.3 is 10.6 Å². The number of rotatable bonds is 3. The molecule has 1 heterocycles. The van der Waals surface area contributed by atoms with Crippen LogP contribution in [0.1, 0.15) is 0 Å². The Labute approximate surface area is 122 Å². The number of nitrogens with two attached hydrogens (primary N) is 1. The van der Waals surface area contributed by atoms with E-state index in [4.69, 9.17) is 5.73 Å². The van der Waals surface area contributed by atoms with Gasteiger partial charge >= 0.3 is 6.03 Å². The van der Waals surface area contributed by atoms with Crippen LogP contribution in [0.2, 0.25) is 0 Å². The van der Waals surface area contributed by atoms with E-state index in [0.29, 0.717) is 18.5 Å².